The summed E-state index contributed by atoms with van der Waals surface area (Å²) in [6.45, 7) is 4.41. The maximum atomic E-state index is 9.34. The minimum Gasteiger partial charge on any atom is -0.472 e. The van der Waals surface area contributed by atoms with Crippen molar-refractivity contribution in [1.29, 1.82) is 0 Å². The molecule has 0 aliphatic heterocycles. The molecule has 2 heterocycles. The van der Waals surface area contributed by atoms with Gasteiger partial charge in [0.1, 0.15) is 12.4 Å². The maximum Gasteiger partial charge on any atom is 0.220 e. The fraction of sp³-hybridized carbons (Fsp3) is 0.207. The average Bonchev–Trinajstić information content (AvgIpc) is 3.48. The average molecular weight is 493 g/mol. The molecule has 0 spiro atoms. The molecule has 0 aliphatic carbocycles. The topological polar surface area (TPSA) is 110 Å². The summed E-state index contributed by atoms with van der Waals surface area (Å²) in [6, 6.07) is 24.2. The molecule has 3 aromatic carbocycles. The first kappa shape index (κ1) is 24.3. The first-order chi connectivity index (χ1) is 18.1. The van der Waals surface area contributed by atoms with Crippen LogP contribution in [0.25, 0.3) is 22.5 Å². The smallest absolute Gasteiger partial charge is 0.220 e. The molecule has 0 saturated heterocycles. The van der Waals surface area contributed by atoms with Crippen molar-refractivity contribution in [2.75, 3.05) is 0 Å². The van der Waals surface area contributed by atoms with E-state index in [2.05, 4.69) is 61.8 Å². The molecule has 2 aromatic heterocycles. The Morgan fingerprint density at radius 1 is 0.838 bits per heavy atom. The van der Waals surface area contributed by atoms with Gasteiger partial charge in [-0.25, -0.2) is 4.98 Å². The van der Waals surface area contributed by atoms with E-state index in [-0.39, 0.29) is 6.61 Å². The molecule has 0 bridgehead atoms. The summed E-state index contributed by atoms with van der Waals surface area (Å²) in [5, 5.41) is 23.8. The van der Waals surface area contributed by atoms with Crippen molar-refractivity contribution < 1.29 is 9.84 Å². The molecular formula is C29H28N6O2. The van der Waals surface area contributed by atoms with E-state index in [4.69, 9.17) is 4.74 Å². The SMILES string of the molecule is CCc1nc(C)nc(OCc2ccc(-c3ccccc3-c3nn[nH]n3)cc2)c1Cc1ccc(CO)cc1. The highest BCUT2D eigenvalue weighted by molar-refractivity contribution is 5.80. The lowest BCUT2D eigenvalue weighted by molar-refractivity contribution is 0.282. The van der Waals surface area contributed by atoms with Crippen LogP contribution in [0.2, 0.25) is 0 Å². The maximum absolute atomic E-state index is 9.34. The number of aromatic amines is 1. The first-order valence-electron chi connectivity index (χ1n) is 12.2. The van der Waals surface area contributed by atoms with Crippen LogP contribution in [-0.2, 0) is 26.1 Å². The Labute approximate surface area is 215 Å². The predicted octanol–water partition coefficient (Wildman–Crippen LogP) is 4.86. The molecule has 0 atom stereocenters. The minimum absolute atomic E-state index is 0.0317. The zero-order valence-electron chi connectivity index (χ0n) is 20.8. The second-order valence-electron chi connectivity index (χ2n) is 8.77. The number of hydrogen-bond donors (Lipinski definition) is 2. The largest absolute Gasteiger partial charge is 0.472 e. The van der Waals surface area contributed by atoms with Gasteiger partial charge in [0.25, 0.3) is 0 Å². The van der Waals surface area contributed by atoms with Gasteiger partial charge in [0.15, 0.2) is 0 Å². The van der Waals surface area contributed by atoms with Crippen molar-refractivity contribution >= 4 is 0 Å². The minimum atomic E-state index is 0.0317. The van der Waals surface area contributed by atoms with Crippen LogP contribution in [0, 0.1) is 6.92 Å². The summed E-state index contributed by atoms with van der Waals surface area (Å²) in [6.07, 6.45) is 1.45. The number of nitrogens with zero attached hydrogens (tertiary/aromatic N) is 5. The van der Waals surface area contributed by atoms with E-state index >= 15 is 0 Å². The van der Waals surface area contributed by atoms with E-state index in [9.17, 15) is 5.11 Å². The summed E-state index contributed by atoms with van der Waals surface area (Å²) >= 11 is 0. The Morgan fingerprint density at radius 2 is 1.54 bits per heavy atom. The van der Waals surface area contributed by atoms with E-state index < -0.39 is 0 Å². The number of aryl methyl sites for hydroxylation is 2. The van der Waals surface area contributed by atoms with Gasteiger partial charge in [-0.2, -0.15) is 10.2 Å². The van der Waals surface area contributed by atoms with Gasteiger partial charge < -0.3 is 9.84 Å². The molecule has 0 amide bonds. The van der Waals surface area contributed by atoms with Crippen molar-refractivity contribution in [3.63, 3.8) is 0 Å². The zero-order valence-corrected chi connectivity index (χ0v) is 20.8. The number of nitrogens with one attached hydrogen (secondary N) is 1. The number of hydrogen-bond acceptors (Lipinski definition) is 7. The predicted molar refractivity (Wildman–Crippen MR) is 141 cm³/mol. The van der Waals surface area contributed by atoms with Gasteiger partial charge in [0, 0.05) is 17.5 Å². The van der Waals surface area contributed by atoms with Gasteiger partial charge in [-0.3, -0.25) is 0 Å². The third-order valence-corrected chi connectivity index (χ3v) is 6.24. The van der Waals surface area contributed by atoms with E-state index in [0.717, 1.165) is 51.1 Å². The van der Waals surface area contributed by atoms with Crippen LogP contribution in [0.5, 0.6) is 5.88 Å². The van der Waals surface area contributed by atoms with Gasteiger partial charge in [0.2, 0.25) is 11.7 Å². The number of tetrazole rings is 1. The standard InChI is InChI=1S/C29H28N6O2/c1-3-27-26(16-20-8-10-21(17-36)11-9-20)29(31-19(2)30-27)37-18-22-12-14-23(15-13-22)24-6-4-5-7-25(24)28-32-34-35-33-28/h4-15,36H,3,16-18H2,1-2H3,(H,32,33,34,35). The summed E-state index contributed by atoms with van der Waals surface area (Å²) < 4.78 is 6.27. The van der Waals surface area contributed by atoms with Crippen molar-refractivity contribution in [2.45, 2.75) is 39.9 Å². The Kier molecular flexibility index (Phi) is 7.28. The molecule has 5 rings (SSSR count). The molecule has 8 nitrogen and oxygen atoms in total. The zero-order chi connectivity index (χ0) is 25.6. The van der Waals surface area contributed by atoms with Crippen LogP contribution in [0.4, 0.5) is 0 Å². The molecule has 186 valence electrons. The fourth-order valence-electron chi connectivity index (χ4n) is 4.32. The van der Waals surface area contributed by atoms with Crippen LogP contribution in [0.1, 0.15) is 40.7 Å². The normalized spacial score (nSPS) is 11.0. The van der Waals surface area contributed by atoms with Crippen molar-refractivity contribution in [3.8, 4) is 28.4 Å². The number of benzene rings is 3. The summed E-state index contributed by atoms with van der Waals surface area (Å²) in [5.41, 5.74) is 8.03. The highest BCUT2D eigenvalue weighted by atomic mass is 16.5. The van der Waals surface area contributed by atoms with Crippen LogP contribution in [0.15, 0.2) is 72.8 Å². The molecule has 0 unspecified atom stereocenters. The van der Waals surface area contributed by atoms with Crippen LogP contribution in [0.3, 0.4) is 0 Å². The van der Waals surface area contributed by atoms with E-state index in [1.54, 1.807) is 0 Å². The van der Waals surface area contributed by atoms with Crippen LogP contribution < -0.4 is 4.74 Å². The molecule has 0 fully saturated rings. The second kappa shape index (κ2) is 11.1. The van der Waals surface area contributed by atoms with E-state index in [1.165, 1.54) is 0 Å². The Morgan fingerprint density at radius 3 is 2.22 bits per heavy atom. The summed E-state index contributed by atoms with van der Waals surface area (Å²) in [4.78, 5) is 9.30. The molecule has 5 aromatic rings. The molecule has 0 aliphatic rings. The van der Waals surface area contributed by atoms with Gasteiger partial charge in [0.05, 0.1) is 12.3 Å². The molecular weight excluding hydrogens is 464 g/mol. The lowest BCUT2D eigenvalue weighted by Gasteiger charge is -2.15. The molecule has 8 heteroatoms. The van der Waals surface area contributed by atoms with Crippen LogP contribution >= 0.6 is 0 Å². The number of aliphatic hydroxyl groups excluding tert-OH is 1. The number of rotatable bonds is 9. The highest BCUT2D eigenvalue weighted by Gasteiger charge is 2.15. The summed E-state index contributed by atoms with van der Waals surface area (Å²) in [5.74, 6) is 1.87. The summed E-state index contributed by atoms with van der Waals surface area (Å²) in [7, 11) is 0. The molecule has 0 radical (unpaired) electrons. The third-order valence-electron chi connectivity index (χ3n) is 6.24. The quantitative estimate of drug-likeness (QED) is 0.302. The van der Waals surface area contributed by atoms with E-state index in [1.807, 2.05) is 55.5 Å². The monoisotopic (exact) mass is 492 g/mol. The molecule has 2 N–H and O–H groups in total. The number of ether oxygens (including phenoxy) is 1. The van der Waals surface area contributed by atoms with Crippen molar-refractivity contribution in [2.24, 2.45) is 0 Å². The first-order valence-corrected chi connectivity index (χ1v) is 12.2. The van der Waals surface area contributed by atoms with Gasteiger partial charge >= 0.3 is 0 Å². The van der Waals surface area contributed by atoms with Crippen molar-refractivity contribution in [3.05, 3.63) is 107 Å². The second-order valence-corrected chi connectivity index (χ2v) is 8.77. The van der Waals surface area contributed by atoms with Gasteiger partial charge in [-0.15, -0.1) is 10.2 Å². The lowest BCUT2D eigenvalue weighted by Crippen LogP contribution is -2.08. The Bertz CT molecular complexity index is 1470. The lowest BCUT2D eigenvalue weighted by atomic mass is 9.98. The number of aliphatic hydroxyl groups is 1. The fourth-order valence-corrected chi connectivity index (χ4v) is 4.32. The Balaban J connectivity index is 1.36. The Hall–Kier alpha value is -4.43. The number of aromatic nitrogens is 6. The third kappa shape index (κ3) is 5.54. The van der Waals surface area contributed by atoms with Crippen molar-refractivity contribution in [1.82, 2.24) is 30.6 Å². The molecule has 37 heavy (non-hydrogen) atoms. The van der Waals surface area contributed by atoms with Gasteiger partial charge in [-0.05, 0) is 46.4 Å². The van der Waals surface area contributed by atoms with Crippen LogP contribution in [-0.4, -0.2) is 35.7 Å². The molecule has 0 saturated carbocycles. The van der Waals surface area contributed by atoms with Gasteiger partial charge in [-0.1, -0.05) is 79.7 Å². The number of H-pyrrole nitrogens is 1. The highest BCUT2D eigenvalue weighted by Crippen LogP contribution is 2.30. The van der Waals surface area contributed by atoms with E-state index in [0.29, 0.717) is 30.6 Å².